The first-order valence-electron chi connectivity index (χ1n) is 8.71. The average Bonchev–Trinajstić information content (AvgIpc) is 2.70. The molecule has 28 heavy (non-hydrogen) atoms. The molecular formula is C21H20ClN3O3. The molecule has 0 fully saturated rings. The summed E-state index contributed by atoms with van der Waals surface area (Å²) in [6.07, 6.45) is 1.36. The van der Waals surface area contributed by atoms with E-state index in [9.17, 15) is 9.59 Å². The molecule has 3 aromatic rings. The topological polar surface area (TPSA) is 73.2 Å². The summed E-state index contributed by atoms with van der Waals surface area (Å²) in [5, 5.41) is 3.61. The number of rotatable bonds is 7. The van der Waals surface area contributed by atoms with Gasteiger partial charge in [0.2, 0.25) is 5.91 Å². The van der Waals surface area contributed by atoms with Crippen LogP contribution in [0.1, 0.15) is 22.9 Å². The molecule has 0 unspecified atom stereocenters. The molecule has 0 aliphatic heterocycles. The molecule has 7 heteroatoms. The molecule has 0 aliphatic rings. The van der Waals surface area contributed by atoms with E-state index in [1.807, 2.05) is 42.5 Å². The number of halogens is 1. The number of carbonyl (C=O) groups excluding carboxylic acids is 1. The maximum atomic E-state index is 12.6. The summed E-state index contributed by atoms with van der Waals surface area (Å²) in [4.78, 5) is 29.0. The number of nitrogens with one attached hydrogen (secondary N) is 1. The number of hydrogen-bond acceptors (Lipinski definition) is 4. The van der Waals surface area contributed by atoms with Crippen molar-refractivity contribution in [3.05, 3.63) is 99.2 Å². The van der Waals surface area contributed by atoms with Crippen LogP contribution in [-0.4, -0.2) is 22.6 Å². The summed E-state index contributed by atoms with van der Waals surface area (Å²) in [7, 11) is 1.53. The molecule has 1 N–H and O–H groups in total. The molecule has 0 spiro atoms. The SMILES string of the molecule is COCc1cc(=O)n(CC(=O)N[C@@H](c2ccccc2)c2ccc(Cl)cc2)cn1. The zero-order valence-corrected chi connectivity index (χ0v) is 16.1. The third kappa shape index (κ3) is 5.06. The van der Waals surface area contributed by atoms with Crippen LogP contribution in [0.2, 0.25) is 5.02 Å². The van der Waals surface area contributed by atoms with E-state index in [4.69, 9.17) is 16.3 Å². The summed E-state index contributed by atoms with van der Waals surface area (Å²) in [5.41, 5.74) is 2.04. The molecule has 1 atom stereocenters. The van der Waals surface area contributed by atoms with E-state index in [-0.39, 0.29) is 30.7 Å². The van der Waals surface area contributed by atoms with Crippen molar-refractivity contribution in [2.24, 2.45) is 0 Å². The highest BCUT2D eigenvalue weighted by Gasteiger charge is 2.17. The first-order valence-corrected chi connectivity index (χ1v) is 9.08. The van der Waals surface area contributed by atoms with Gasteiger partial charge in [-0.15, -0.1) is 0 Å². The smallest absolute Gasteiger partial charge is 0.254 e. The van der Waals surface area contributed by atoms with Crippen LogP contribution in [0.25, 0.3) is 0 Å². The second-order valence-electron chi connectivity index (χ2n) is 6.24. The van der Waals surface area contributed by atoms with Crippen LogP contribution in [0.15, 0.2) is 71.8 Å². The zero-order chi connectivity index (χ0) is 19.9. The minimum Gasteiger partial charge on any atom is -0.378 e. The van der Waals surface area contributed by atoms with Gasteiger partial charge in [-0.05, 0) is 23.3 Å². The standard InChI is InChI=1S/C21H20ClN3O3/c1-28-13-18-11-20(27)25(14-23-18)12-19(26)24-21(15-5-3-2-4-6-15)16-7-9-17(22)10-8-16/h2-11,14,21H,12-13H2,1H3,(H,24,26)/t21-/m0/s1. The number of aromatic nitrogens is 2. The molecule has 1 amide bonds. The second kappa shape index (κ2) is 9.30. The van der Waals surface area contributed by atoms with Crippen LogP contribution < -0.4 is 10.9 Å². The molecule has 6 nitrogen and oxygen atoms in total. The van der Waals surface area contributed by atoms with E-state index >= 15 is 0 Å². The molecule has 144 valence electrons. The van der Waals surface area contributed by atoms with Gasteiger partial charge in [-0.1, -0.05) is 54.1 Å². The van der Waals surface area contributed by atoms with Gasteiger partial charge in [-0.25, -0.2) is 4.98 Å². The van der Waals surface area contributed by atoms with Gasteiger partial charge >= 0.3 is 0 Å². The van der Waals surface area contributed by atoms with Crippen molar-refractivity contribution in [3.63, 3.8) is 0 Å². The molecule has 0 aliphatic carbocycles. The Bertz CT molecular complexity index is 988. The molecule has 3 rings (SSSR count). The van der Waals surface area contributed by atoms with E-state index in [1.165, 1.54) is 24.1 Å². The highest BCUT2D eigenvalue weighted by atomic mass is 35.5. The highest BCUT2D eigenvalue weighted by molar-refractivity contribution is 6.30. The minimum absolute atomic E-state index is 0.129. The first-order chi connectivity index (χ1) is 13.6. The quantitative estimate of drug-likeness (QED) is 0.665. The number of carbonyl (C=O) groups is 1. The average molecular weight is 398 g/mol. The first kappa shape index (κ1) is 19.8. The molecular weight excluding hydrogens is 378 g/mol. The predicted molar refractivity (Wildman–Crippen MR) is 107 cm³/mol. The number of methoxy groups -OCH3 is 1. The maximum Gasteiger partial charge on any atom is 0.254 e. The fraction of sp³-hybridized carbons (Fsp3) is 0.190. The lowest BCUT2D eigenvalue weighted by Gasteiger charge is -2.20. The number of nitrogens with zero attached hydrogens (tertiary/aromatic N) is 2. The zero-order valence-electron chi connectivity index (χ0n) is 15.3. The van der Waals surface area contributed by atoms with Crippen molar-refractivity contribution < 1.29 is 9.53 Å². The second-order valence-corrected chi connectivity index (χ2v) is 6.68. The Kier molecular flexibility index (Phi) is 6.57. The fourth-order valence-corrected chi connectivity index (χ4v) is 2.96. The number of benzene rings is 2. The van der Waals surface area contributed by atoms with Crippen molar-refractivity contribution >= 4 is 17.5 Å². The van der Waals surface area contributed by atoms with Crippen molar-refractivity contribution in [2.45, 2.75) is 19.2 Å². The normalized spacial score (nSPS) is 11.8. The lowest BCUT2D eigenvalue weighted by molar-refractivity contribution is -0.122. The minimum atomic E-state index is -0.359. The van der Waals surface area contributed by atoms with Gasteiger partial charge in [0.1, 0.15) is 6.54 Å². The van der Waals surface area contributed by atoms with Gasteiger partial charge in [0, 0.05) is 18.2 Å². The largest absolute Gasteiger partial charge is 0.378 e. The third-order valence-corrected chi connectivity index (χ3v) is 4.44. The van der Waals surface area contributed by atoms with Gasteiger partial charge < -0.3 is 10.1 Å². The van der Waals surface area contributed by atoms with Crippen LogP contribution in [-0.2, 0) is 22.7 Å². The molecule has 0 saturated carbocycles. The van der Waals surface area contributed by atoms with Gasteiger partial charge in [0.25, 0.3) is 5.56 Å². The van der Waals surface area contributed by atoms with Crippen molar-refractivity contribution in [1.29, 1.82) is 0 Å². The Morgan fingerprint density at radius 1 is 1.14 bits per heavy atom. The number of amides is 1. The summed E-state index contributed by atoms with van der Waals surface area (Å²) in [5.74, 6) is -0.299. The Morgan fingerprint density at radius 2 is 1.82 bits per heavy atom. The van der Waals surface area contributed by atoms with Gasteiger partial charge in [-0.2, -0.15) is 0 Å². The monoisotopic (exact) mass is 397 g/mol. The van der Waals surface area contributed by atoms with Crippen LogP contribution in [0.5, 0.6) is 0 Å². The van der Waals surface area contributed by atoms with Crippen molar-refractivity contribution in [3.8, 4) is 0 Å². The predicted octanol–water partition coefficient (Wildman–Crippen LogP) is 2.95. The van der Waals surface area contributed by atoms with E-state index in [0.29, 0.717) is 10.7 Å². The lowest BCUT2D eigenvalue weighted by atomic mass is 9.98. The van der Waals surface area contributed by atoms with E-state index < -0.39 is 0 Å². The maximum absolute atomic E-state index is 12.6. The third-order valence-electron chi connectivity index (χ3n) is 4.18. The van der Waals surface area contributed by atoms with Crippen LogP contribution >= 0.6 is 11.6 Å². The fourth-order valence-electron chi connectivity index (χ4n) is 2.83. The Hall–Kier alpha value is -2.96. The molecule has 0 saturated heterocycles. The Morgan fingerprint density at radius 3 is 2.46 bits per heavy atom. The summed E-state index contributed by atoms with van der Waals surface area (Å²) in [6, 6.07) is 17.9. The van der Waals surface area contributed by atoms with Gasteiger partial charge in [0.15, 0.2) is 0 Å². The van der Waals surface area contributed by atoms with Crippen molar-refractivity contribution in [2.75, 3.05) is 7.11 Å². The molecule has 0 radical (unpaired) electrons. The van der Waals surface area contributed by atoms with Gasteiger partial charge in [-0.3, -0.25) is 14.2 Å². The molecule has 1 heterocycles. The number of ether oxygens (including phenoxy) is 1. The summed E-state index contributed by atoms with van der Waals surface area (Å²) >= 11 is 5.99. The Labute approximate surface area is 167 Å². The van der Waals surface area contributed by atoms with Crippen molar-refractivity contribution in [1.82, 2.24) is 14.9 Å². The summed E-state index contributed by atoms with van der Waals surface area (Å²) in [6.45, 7) is 0.116. The Balaban J connectivity index is 1.80. The van der Waals surface area contributed by atoms with Gasteiger partial charge in [0.05, 0.1) is 24.7 Å². The number of hydrogen-bond donors (Lipinski definition) is 1. The van der Waals surface area contributed by atoms with E-state index in [0.717, 1.165) is 11.1 Å². The van der Waals surface area contributed by atoms with Crippen LogP contribution in [0, 0.1) is 0 Å². The highest BCUT2D eigenvalue weighted by Crippen LogP contribution is 2.23. The lowest BCUT2D eigenvalue weighted by Crippen LogP contribution is -2.35. The van der Waals surface area contributed by atoms with E-state index in [1.54, 1.807) is 12.1 Å². The van der Waals surface area contributed by atoms with Crippen LogP contribution in [0.4, 0.5) is 0 Å². The summed E-state index contributed by atoms with van der Waals surface area (Å²) < 4.78 is 6.23. The van der Waals surface area contributed by atoms with E-state index in [2.05, 4.69) is 10.3 Å². The molecule has 1 aromatic heterocycles. The molecule has 2 aromatic carbocycles. The van der Waals surface area contributed by atoms with Crippen LogP contribution in [0.3, 0.4) is 0 Å². The molecule has 0 bridgehead atoms.